The number of rotatable bonds is 5. The molecule has 0 radical (unpaired) electrons. The highest BCUT2D eigenvalue weighted by Crippen LogP contribution is 2.16. The highest BCUT2D eigenvalue weighted by atomic mass is 16.1. The fourth-order valence-electron chi connectivity index (χ4n) is 2.16. The van der Waals surface area contributed by atoms with Crippen LogP contribution >= 0.6 is 0 Å². The summed E-state index contributed by atoms with van der Waals surface area (Å²) < 4.78 is 0. The molecule has 0 aliphatic carbocycles. The van der Waals surface area contributed by atoms with Gasteiger partial charge in [0.1, 0.15) is 5.92 Å². The number of carbonyl (C=O) groups is 2. The van der Waals surface area contributed by atoms with Crippen molar-refractivity contribution < 1.29 is 9.59 Å². The summed E-state index contributed by atoms with van der Waals surface area (Å²) in [7, 11) is 0. The molecule has 22 heavy (non-hydrogen) atoms. The summed E-state index contributed by atoms with van der Waals surface area (Å²) in [5, 5.41) is 9.23. The monoisotopic (exact) mass is 291 g/mol. The molecule has 0 fully saturated rings. The molecule has 3 nitrogen and oxygen atoms in total. The summed E-state index contributed by atoms with van der Waals surface area (Å²) in [6.45, 7) is 3.87. The lowest BCUT2D eigenvalue weighted by Crippen LogP contribution is -2.17. The lowest BCUT2D eigenvalue weighted by atomic mass is 9.91. The van der Waals surface area contributed by atoms with Crippen molar-refractivity contribution >= 4 is 11.6 Å². The van der Waals surface area contributed by atoms with Crippen LogP contribution in [0.25, 0.3) is 0 Å². The number of nitriles is 1. The first-order chi connectivity index (χ1) is 10.5. The molecule has 2 aromatic rings. The number of hydrogen-bond donors (Lipinski definition) is 0. The Bertz CT molecular complexity index is 722. The highest BCUT2D eigenvalue weighted by molar-refractivity contribution is 6.04. The van der Waals surface area contributed by atoms with Crippen LogP contribution < -0.4 is 0 Å². The van der Waals surface area contributed by atoms with E-state index < -0.39 is 5.92 Å². The van der Waals surface area contributed by atoms with E-state index in [-0.39, 0.29) is 18.0 Å². The summed E-state index contributed by atoms with van der Waals surface area (Å²) in [6.07, 6.45) is -0.0910. The van der Waals surface area contributed by atoms with Crippen molar-refractivity contribution in [1.82, 2.24) is 0 Å². The minimum Gasteiger partial charge on any atom is -0.294 e. The van der Waals surface area contributed by atoms with Gasteiger partial charge >= 0.3 is 0 Å². The van der Waals surface area contributed by atoms with Gasteiger partial charge in [0.05, 0.1) is 6.07 Å². The first-order valence-corrected chi connectivity index (χ1v) is 7.11. The van der Waals surface area contributed by atoms with Gasteiger partial charge in [-0.15, -0.1) is 0 Å². The summed E-state index contributed by atoms with van der Waals surface area (Å²) >= 11 is 0. The van der Waals surface area contributed by atoms with E-state index in [9.17, 15) is 14.9 Å². The van der Waals surface area contributed by atoms with Crippen LogP contribution in [0.1, 0.15) is 38.3 Å². The molecule has 1 atom stereocenters. The second kappa shape index (κ2) is 6.82. The van der Waals surface area contributed by atoms with Gasteiger partial charge < -0.3 is 0 Å². The number of benzene rings is 2. The Labute approximate surface area is 130 Å². The molecule has 2 rings (SSSR count). The third-order valence-electron chi connectivity index (χ3n) is 3.57. The van der Waals surface area contributed by atoms with E-state index in [1.165, 1.54) is 0 Å². The van der Waals surface area contributed by atoms with E-state index in [2.05, 4.69) is 0 Å². The lowest BCUT2D eigenvalue weighted by molar-refractivity contribution is 0.0882. The first kappa shape index (κ1) is 15.7. The third-order valence-corrected chi connectivity index (χ3v) is 3.57. The predicted molar refractivity (Wildman–Crippen MR) is 84.7 cm³/mol. The van der Waals surface area contributed by atoms with Gasteiger partial charge in [0.25, 0.3) is 0 Å². The molecule has 0 heterocycles. The molecule has 0 aliphatic heterocycles. The molecule has 0 aliphatic rings. The number of hydrogen-bond acceptors (Lipinski definition) is 3. The van der Waals surface area contributed by atoms with Crippen molar-refractivity contribution in [3.8, 4) is 6.07 Å². The topological polar surface area (TPSA) is 57.9 Å². The third kappa shape index (κ3) is 3.67. The molecule has 1 unspecified atom stereocenters. The number of carbonyl (C=O) groups excluding carboxylic acids is 2. The van der Waals surface area contributed by atoms with Crippen molar-refractivity contribution in [3.63, 3.8) is 0 Å². The van der Waals surface area contributed by atoms with Crippen molar-refractivity contribution in [2.75, 3.05) is 0 Å². The van der Waals surface area contributed by atoms with E-state index in [0.29, 0.717) is 11.1 Å². The summed E-state index contributed by atoms with van der Waals surface area (Å²) in [5.41, 5.74) is 3.10. The molecule has 110 valence electrons. The largest absolute Gasteiger partial charge is 0.294 e. The molecule has 0 bridgehead atoms. The molecule has 0 N–H and O–H groups in total. The summed E-state index contributed by atoms with van der Waals surface area (Å²) in [4.78, 5) is 24.5. The van der Waals surface area contributed by atoms with Gasteiger partial charge in [-0.3, -0.25) is 9.59 Å². The molecule has 0 aromatic heterocycles. The summed E-state index contributed by atoms with van der Waals surface area (Å²) in [6, 6.07) is 16.1. The predicted octanol–water partition coefficient (Wildman–Crippen LogP) is 3.90. The molecule has 0 saturated carbocycles. The first-order valence-electron chi connectivity index (χ1n) is 7.11. The number of Topliss-reactive ketones (excluding diaryl/α,β-unsaturated/α-hetero) is 2. The number of aryl methyl sites for hydroxylation is 2. The van der Waals surface area contributed by atoms with E-state index >= 15 is 0 Å². The van der Waals surface area contributed by atoms with Crippen LogP contribution in [0, 0.1) is 31.1 Å². The smallest absolute Gasteiger partial charge is 0.180 e. The van der Waals surface area contributed by atoms with Crippen LogP contribution in [0.4, 0.5) is 0 Å². The van der Waals surface area contributed by atoms with Crippen molar-refractivity contribution in [2.45, 2.75) is 20.3 Å². The van der Waals surface area contributed by atoms with Crippen LogP contribution in [0.5, 0.6) is 0 Å². The van der Waals surface area contributed by atoms with Crippen LogP contribution in [-0.4, -0.2) is 11.6 Å². The van der Waals surface area contributed by atoms with E-state index in [0.717, 1.165) is 11.1 Å². The molecule has 2 aromatic carbocycles. The Morgan fingerprint density at radius 2 is 1.36 bits per heavy atom. The minimum absolute atomic E-state index is 0.0910. The molecule has 0 spiro atoms. The molecule has 3 heteroatoms. The maximum Gasteiger partial charge on any atom is 0.180 e. The normalized spacial score (nSPS) is 11.5. The van der Waals surface area contributed by atoms with Gasteiger partial charge in [0.2, 0.25) is 0 Å². The lowest BCUT2D eigenvalue weighted by Gasteiger charge is -2.08. The summed E-state index contributed by atoms with van der Waals surface area (Å²) in [5.74, 6) is -1.44. The average Bonchev–Trinajstić information content (AvgIpc) is 2.53. The maximum atomic E-state index is 12.3. The van der Waals surface area contributed by atoms with Crippen LogP contribution in [0.2, 0.25) is 0 Å². The fraction of sp³-hybridized carbons (Fsp3) is 0.211. The van der Waals surface area contributed by atoms with Gasteiger partial charge in [-0.2, -0.15) is 5.26 Å². The van der Waals surface area contributed by atoms with Gasteiger partial charge in [0, 0.05) is 17.5 Å². The second-order valence-corrected chi connectivity index (χ2v) is 5.41. The Morgan fingerprint density at radius 1 is 0.909 bits per heavy atom. The van der Waals surface area contributed by atoms with Crippen LogP contribution in [0.15, 0.2) is 48.5 Å². The minimum atomic E-state index is -0.948. The zero-order valence-electron chi connectivity index (χ0n) is 12.7. The highest BCUT2D eigenvalue weighted by Gasteiger charge is 2.23. The zero-order valence-corrected chi connectivity index (χ0v) is 12.7. The molecule has 0 saturated heterocycles. The van der Waals surface area contributed by atoms with Gasteiger partial charge in [0.15, 0.2) is 11.6 Å². The average molecular weight is 291 g/mol. The quantitative estimate of drug-likeness (QED) is 0.785. The Balaban J connectivity index is 2.13. The van der Waals surface area contributed by atoms with Gasteiger partial charge in [-0.05, 0) is 13.8 Å². The molecular formula is C19H17NO2. The Hall–Kier alpha value is -2.73. The fourth-order valence-corrected chi connectivity index (χ4v) is 2.16. The molecular weight excluding hydrogens is 274 g/mol. The van der Waals surface area contributed by atoms with Crippen LogP contribution in [-0.2, 0) is 0 Å². The standard InChI is InChI=1S/C19H17NO2/c1-13-3-7-15(8-4-13)18(21)11-17(12-20)19(22)16-9-5-14(2)6-10-16/h3-10,17H,11H2,1-2H3. The SMILES string of the molecule is Cc1ccc(C(=O)CC(C#N)C(=O)c2ccc(C)cc2)cc1. The molecule has 0 amide bonds. The van der Waals surface area contributed by atoms with E-state index in [4.69, 9.17) is 0 Å². The van der Waals surface area contributed by atoms with Crippen molar-refractivity contribution in [1.29, 1.82) is 5.26 Å². The van der Waals surface area contributed by atoms with E-state index in [1.807, 2.05) is 44.2 Å². The second-order valence-electron chi connectivity index (χ2n) is 5.41. The van der Waals surface area contributed by atoms with Crippen LogP contribution in [0.3, 0.4) is 0 Å². The van der Waals surface area contributed by atoms with Gasteiger partial charge in [-0.1, -0.05) is 59.7 Å². The van der Waals surface area contributed by atoms with Gasteiger partial charge in [-0.25, -0.2) is 0 Å². The maximum absolute atomic E-state index is 12.3. The van der Waals surface area contributed by atoms with E-state index in [1.54, 1.807) is 24.3 Å². The number of nitrogens with zero attached hydrogens (tertiary/aromatic N) is 1. The number of ketones is 2. The Morgan fingerprint density at radius 3 is 1.82 bits per heavy atom. The zero-order chi connectivity index (χ0) is 16.1. The Kier molecular flexibility index (Phi) is 4.85. The van der Waals surface area contributed by atoms with Crippen molar-refractivity contribution in [2.24, 2.45) is 5.92 Å². The van der Waals surface area contributed by atoms with Crippen molar-refractivity contribution in [3.05, 3.63) is 70.8 Å².